The van der Waals surface area contributed by atoms with Crippen LogP contribution >= 0.6 is 0 Å². The third-order valence-corrected chi connectivity index (χ3v) is 3.73. The minimum Gasteiger partial charge on any atom is -0.311 e. The fourth-order valence-corrected chi connectivity index (χ4v) is 2.07. The fourth-order valence-electron chi connectivity index (χ4n) is 2.07. The Bertz CT molecular complexity index is 513. The zero-order chi connectivity index (χ0) is 13.1. The summed E-state index contributed by atoms with van der Waals surface area (Å²) < 4.78 is 1.96. The maximum Gasteiger partial charge on any atom is 0.0841 e. The molecule has 0 amide bonds. The van der Waals surface area contributed by atoms with Crippen LogP contribution in [-0.4, -0.2) is 16.3 Å². The van der Waals surface area contributed by atoms with Crippen molar-refractivity contribution in [1.29, 1.82) is 0 Å². The van der Waals surface area contributed by atoms with Crippen molar-refractivity contribution in [2.24, 2.45) is 18.9 Å². The highest BCUT2D eigenvalue weighted by atomic mass is 15.3. The molecule has 0 aliphatic carbocycles. The molecule has 2 rings (SSSR count). The summed E-state index contributed by atoms with van der Waals surface area (Å²) in [5, 5.41) is 9.35. The third-order valence-electron chi connectivity index (χ3n) is 3.73. The van der Waals surface area contributed by atoms with Crippen LogP contribution in [0.5, 0.6) is 0 Å². The molecule has 0 fully saturated rings. The standard InChI is InChI=1S/C15H23N3/c1-11(2)12(3)9-16-10-14-13-7-5-6-8-15(13)18(4)17-14/h5-8,11-12,16H,9-10H2,1-4H3. The molecule has 3 nitrogen and oxygen atoms in total. The number of nitrogens with zero attached hydrogens (tertiary/aromatic N) is 2. The summed E-state index contributed by atoms with van der Waals surface area (Å²) in [5.74, 6) is 1.41. The lowest BCUT2D eigenvalue weighted by molar-refractivity contribution is 0.391. The van der Waals surface area contributed by atoms with Crippen LogP contribution in [0.15, 0.2) is 24.3 Å². The van der Waals surface area contributed by atoms with Crippen LogP contribution in [-0.2, 0) is 13.6 Å². The lowest BCUT2D eigenvalue weighted by atomic mass is 9.98. The van der Waals surface area contributed by atoms with Gasteiger partial charge in [-0.25, -0.2) is 0 Å². The molecule has 98 valence electrons. The molecule has 0 aliphatic rings. The summed E-state index contributed by atoms with van der Waals surface area (Å²) in [6, 6.07) is 8.39. The molecule has 1 N–H and O–H groups in total. The molecule has 0 spiro atoms. The van der Waals surface area contributed by atoms with Gasteiger partial charge in [0.15, 0.2) is 0 Å². The van der Waals surface area contributed by atoms with Gasteiger partial charge in [-0.05, 0) is 24.4 Å². The second-order valence-electron chi connectivity index (χ2n) is 5.44. The molecular weight excluding hydrogens is 222 g/mol. The van der Waals surface area contributed by atoms with E-state index < -0.39 is 0 Å². The van der Waals surface area contributed by atoms with Crippen molar-refractivity contribution in [2.75, 3.05) is 6.54 Å². The quantitative estimate of drug-likeness (QED) is 0.877. The predicted molar refractivity (Wildman–Crippen MR) is 76.4 cm³/mol. The Kier molecular flexibility index (Phi) is 4.02. The highest BCUT2D eigenvalue weighted by Crippen LogP contribution is 2.17. The summed E-state index contributed by atoms with van der Waals surface area (Å²) in [6.45, 7) is 8.71. The van der Waals surface area contributed by atoms with Crippen molar-refractivity contribution >= 4 is 10.9 Å². The van der Waals surface area contributed by atoms with Gasteiger partial charge in [-0.1, -0.05) is 39.0 Å². The van der Waals surface area contributed by atoms with Crippen LogP contribution in [0.2, 0.25) is 0 Å². The lowest BCUT2D eigenvalue weighted by Crippen LogP contribution is -2.24. The first-order chi connectivity index (χ1) is 8.59. The van der Waals surface area contributed by atoms with Gasteiger partial charge in [-0.2, -0.15) is 5.10 Å². The van der Waals surface area contributed by atoms with Crippen LogP contribution in [0.3, 0.4) is 0 Å². The number of aryl methyl sites for hydroxylation is 1. The average molecular weight is 245 g/mol. The van der Waals surface area contributed by atoms with Crippen LogP contribution < -0.4 is 5.32 Å². The molecule has 18 heavy (non-hydrogen) atoms. The number of hydrogen-bond donors (Lipinski definition) is 1. The lowest BCUT2D eigenvalue weighted by Gasteiger charge is -2.15. The number of para-hydroxylation sites is 1. The Morgan fingerprint density at radius 2 is 1.94 bits per heavy atom. The maximum atomic E-state index is 4.59. The fraction of sp³-hybridized carbons (Fsp3) is 0.533. The molecule has 1 unspecified atom stereocenters. The molecule has 1 aromatic heterocycles. The van der Waals surface area contributed by atoms with E-state index in [1.165, 1.54) is 10.9 Å². The number of hydrogen-bond acceptors (Lipinski definition) is 2. The minimum absolute atomic E-state index is 0.694. The Morgan fingerprint density at radius 3 is 2.67 bits per heavy atom. The normalized spacial score (nSPS) is 13.4. The number of aromatic nitrogens is 2. The molecule has 0 saturated heterocycles. The van der Waals surface area contributed by atoms with Crippen molar-refractivity contribution < 1.29 is 0 Å². The summed E-state index contributed by atoms with van der Waals surface area (Å²) in [5.41, 5.74) is 2.34. The SMILES string of the molecule is CC(C)C(C)CNCc1nn(C)c2ccccc12. The van der Waals surface area contributed by atoms with Gasteiger partial charge in [0, 0.05) is 19.0 Å². The average Bonchev–Trinajstić information content (AvgIpc) is 2.67. The van der Waals surface area contributed by atoms with Gasteiger partial charge < -0.3 is 5.32 Å². The highest BCUT2D eigenvalue weighted by molar-refractivity contribution is 5.81. The number of benzene rings is 1. The molecule has 0 saturated carbocycles. The molecular formula is C15H23N3. The largest absolute Gasteiger partial charge is 0.311 e. The molecule has 3 heteroatoms. The first-order valence-electron chi connectivity index (χ1n) is 6.71. The third kappa shape index (κ3) is 2.72. The highest BCUT2D eigenvalue weighted by Gasteiger charge is 2.09. The van der Waals surface area contributed by atoms with Gasteiger partial charge in [-0.3, -0.25) is 4.68 Å². The van der Waals surface area contributed by atoms with E-state index >= 15 is 0 Å². The summed E-state index contributed by atoms with van der Waals surface area (Å²) in [7, 11) is 2.00. The molecule has 1 heterocycles. The first kappa shape index (κ1) is 13.1. The van der Waals surface area contributed by atoms with Crippen molar-refractivity contribution in [1.82, 2.24) is 15.1 Å². The summed E-state index contributed by atoms with van der Waals surface area (Å²) >= 11 is 0. The van der Waals surface area contributed by atoms with E-state index in [9.17, 15) is 0 Å². The first-order valence-corrected chi connectivity index (χ1v) is 6.71. The number of fused-ring (bicyclic) bond motifs is 1. The molecule has 1 aromatic carbocycles. The Balaban J connectivity index is 2.04. The van der Waals surface area contributed by atoms with Crippen LogP contribution in [0, 0.1) is 11.8 Å². The van der Waals surface area contributed by atoms with E-state index in [1.54, 1.807) is 0 Å². The van der Waals surface area contributed by atoms with E-state index in [2.05, 4.69) is 55.5 Å². The summed E-state index contributed by atoms with van der Waals surface area (Å²) in [6.07, 6.45) is 0. The smallest absolute Gasteiger partial charge is 0.0841 e. The second-order valence-corrected chi connectivity index (χ2v) is 5.44. The van der Waals surface area contributed by atoms with Crippen LogP contribution in [0.25, 0.3) is 10.9 Å². The van der Waals surface area contributed by atoms with Gasteiger partial charge >= 0.3 is 0 Å². The van der Waals surface area contributed by atoms with Crippen LogP contribution in [0.4, 0.5) is 0 Å². The topological polar surface area (TPSA) is 29.9 Å². The van der Waals surface area contributed by atoms with Crippen molar-refractivity contribution in [2.45, 2.75) is 27.3 Å². The zero-order valence-electron chi connectivity index (χ0n) is 11.8. The Morgan fingerprint density at radius 1 is 1.22 bits per heavy atom. The maximum absolute atomic E-state index is 4.59. The molecule has 0 aliphatic heterocycles. The predicted octanol–water partition coefficient (Wildman–Crippen LogP) is 2.96. The zero-order valence-corrected chi connectivity index (χ0v) is 11.8. The van der Waals surface area contributed by atoms with Crippen molar-refractivity contribution in [3.05, 3.63) is 30.0 Å². The van der Waals surface area contributed by atoms with Gasteiger partial charge in [0.25, 0.3) is 0 Å². The van der Waals surface area contributed by atoms with Gasteiger partial charge in [0.1, 0.15) is 0 Å². The van der Waals surface area contributed by atoms with Gasteiger partial charge in [-0.15, -0.1) is 0 Å². The Labute approximate surface area is 109 Å². The molecule has 2 aromatic rings. The van der Waals surface area contributed by atoms with Gasteiger partial charge in [0.05, 0.1) is 11.2 Å². The molecule has 0 bridgehead atoms. The van der Waals surface area contributed by atoms with E-state index in [-0.39, 0.29) is 0 Å². The number of rotatable bonds is 5. The van der Waals surface area contributed by atoms with Crippen molar-refractivity contribution in [3.63, 3.8) is 0 Å². The molecule has 1 atom stereocenters. The Hall–Kier alpha value is -1.35. The van der Waals surface area contributed by atoms with E-state index in [1.807, 2.05) is 11.7 Å². The monoisotopic (exact) mass is 245 g/mol. The minimum atomic E-state index is 0.694. The van der Waals surface area contributed by atoms with E-state index in [0.717, 1.165) is 24.7 Å². The van der Waals surface area contributed by atoms with E-state index in [0.29, 0.717) is 5.92 Å². The van der Waals surface area contributed by atoms with Crippen LogP contribution in [0.1, 0.15) is 26.5 Å². The number of nitrogens with one attached hydrogen (secondary N) is 1. The van der Waals surface area contributed by atoms with Gasteiger partial charge in [0.2, 0.25) is 0 Å². The summed E-state index contributed by atoms with van der Waals surface area (Å²) in [4.78, 5) is 0. The van der Waals surface area contributed by atoms with Crippen molar-refractivity contribution in [3.8, 4) is 0 Å². The second kappa shape index (κ2) is 5.53. The van der Waals surface area contributed by atoms with E-state index in [4.69, 9.17) is 0 Å². The molecule has 0 radical (unpaired) electrons.